The van der Waals surface area contributed by atoms with E-state index in [9.17, 15) is 0 Å². The first-order valence-corrected chi connectivity index (χ1v) is 6.38. The molecule has 19 heavy (non-hydrogen) atoms. The van der Waals surface area contributed by atoms with E-state index in [1.165, 1.54) is 0 Å². The van der Waals surface area contributed by atoms with Crippen molar-refractivity contribution in [1.82, 2.24) is 0 Å². The maximum atomic E-state index is 5.71. The van der Waals surface area contributed by atoms with Crippen molar-refractivity contribution in [2.24, 2.45) is 5.73 Å². The average molecular weight is 257 g/mol. The molecule has 0 aliphatic heterocycles. The number of rotatable bonds is 5. The predicted octanol–water partition coefficient (Wildman–Crippen LogP) is 3.22. The summed E-state index contributed by atoms with van der Waals surface area (Å²) in [5.41, 5.74) is 8.96. The van der Waals surface area contributed by atoms with Crippen molar-refractivity contribution in [1.29, 1.82) is 0 Å². The SMILES string of the molecule is CCOc1ccc(CN)cc1-c1ccc(OC)cc1. The number of hydrogen-bond donors (Lipinski definition) is 1. The van der Waals surface area contributed by atoms with Gasteiger partial charge in [-0.25, -0.2) is 0 Å². The van der Waals surface area contributed by atoms with Gasteiger partial charge in [0.2, 0.25) is 0 Å². The van der Waals surface area contributed by atoms with E-state index in [4.69, 9.17) is 15.2 Å². The quantitative estimate of drug-likeness (QED) is 0.894. The second-order valence-corrected chi connectivity index (χ2v) is 4.20. The van der Waals surface area contributed by atoms with Gasteiger partial charge in [-0.05, 0) is 42.3 Å². The molecule has 3 nitrogen and oxygen atoms in total. The fraction of sp³-hybridized carbons (Fsp3) is 0.250. The molecule has 0 aliphatic carbocycles. The van der Waals surface area contributed by atoms with Gasteiger partial charge in [-0.1, -0.05) is 18.2 Å². The van der Waals surface area contributed by atoms with Crippen molar-refractivity contribution in [2.45, 2.75) is 13.5 Å². The minimum Gasteiger partial charge on any atom is -0.497 e. The van der Waals surface area contributed by atoms with Gasteiger partial charge >= 0.3 is 0 Å². The molecular weight excluding hydrogens is 238 g/mol. The Labute approximate surface area is 114 Å². The summed E-state index contributed by atoms with van der Waals surface area (Å²) in [6, 6.07) is 14.0. The van der Waals surface area contributed by atoms with E-state index < -0.39 is 0 Å². The standard InChI is InChI=1S/C16H19NO2/c1-3-19-16-9-4-12(11-17)10-15(16)13-5-7-14(18-2)8-6-13/h4-10H,3,11,17H2,1-2H3. The van der Waals surface area contributed by atoms with Gasteiger partial charge in [0.25, 0.3) is 0 Å². The van der Waals surface area contributed by atoms with Crippen molar-refractivity contribution < 1.29 is 9.47 Å². The van der Waals surface area contributed by atoms with Gasteiger partial charge in [0, 0.05) is 12.1 Å². The molecule has 0 bridgehead atoms. The van der Waals surface area contributed by atoms with Gasteiger partial charge in [-0.15, -0.1) is 0 Å². The minimum absolute atomic E-state index is 0.523. The van der Waals surface area contributed by atoms with Crippen LogP contribution in [0.2, 0.25) is 0 Å². The summed E-state index contributed by atoms with van der Waals surface area (Å²) < 4.78 is 10.9. The van der Waals surface area contributed by atoms with Crippen LogP contribution in [-0.2, 0) is 6.54 Å². The van der Waals surface area contributed by atoms with Crippen molar-refractivity contribution in [3.63, 3.8) is 0 Å². The molecule has 0 aromatic heterocycles. The predicted molar refractivity (Wildman–Crippen MR) is 77.5 cm³/mol. The van der Waals surface area contributed by atoms with Crippen LogP contribution in [0.3, 0.4) is 0 Å². The maximum absolute atomic E-state index is 5.71. The molecule has 0 heterocycles. The monoisotopic (exact) mass is 257 g/mol. The topological polar surface area (TPSA) is 44.5 Å². The molecule has 2 aromatic carbocycles. The molecule has 0 atom stereocenters. The molecule has 0 radical (unpaired) electrons. The Bertz CT molecular complexity index is 535. The summed E-state index contributed by atoms with van der Waals surface area (Å²) in [4.78, 5) is 0. The van der Waals surface area contributed by atoms with Crippen molar-refractivity contribution >= 4 is 0 Å². The third-order valence-electron chi connectivity index (χ3n) is 2.98. The molecule has 2 rings (SSSR count). The Kier molecular flexibility index (Phi) is 4.42. The van der Waals surface area contributed by atoms with Crippen LogP contribution in [0.1, 0.15) is 12.5 Å². The molecule has 3 heteroatoms. The van der Waals surface area contributed by atoms with E-state index in [-0.39, 0.29) is 0 Å². The van der Waals surface area contributed by atoms with Crippen LogP contribution in [0.4, 0.5) is 0 Å². The largest absolute Gasteiger partial charge is 0.497 e. The molecule has 0 aliphatic rings. The van der Waals surface area contributed by atoms with Gasteiger partial charge in [0.1, 0.15) is 11.5 Å². The lowest BCUT2D eigenvalue weighted by Gasteiger charge is -2.12. The highest BCUT2D eigenvalue weighted by Gasteiger charge is 2.07. The Morgan fingerprint density at radius 1 is 1.05 bits per heavy atom. The van der Waals surface area contributed by atoms with Crippen molar-refractivity contribution in [2.75, 3.05) is 13.7 Å². The Hall–Kier alpha value is -2.00. The van der Waals surface area contributed by atoms with E-state index >= 15 is 0 Å². The Morgan fingerprint density at radius 2 is 1.79 bits per heavy atom. The van der Waals surface area contributed by atoms with Gasteiger partial charge in [-0.2, -0.15) is 0 Å². The Balaban J connectivity index is 2.44. The molecule has 0 unspecified atom stereocenters. The summed E-state index contributed by atoms with van der Waals surface area (Å²) in [5.74, 6) is 1.72. The molecule has 0 fully saturated rings. The number of hydrogen-bond acceptors (Lipinski definition) is 3. The molecule has 0 spiro atoms. The normalized spacial score (nSPS) is 10.3. The highest BCUT2D eigenvalue weighted by atomic mass is 16.5. The molecule has 2 aromatic rings. The van der Waals surface area contributed by atoms with E-state index in [0.29, 0.717) is 13.2 Å². The van der Waals surface area contributed by atoms with Crippen LogP contribution in [0.15, 0.2) is 42.5 Å². The van der Waals surface area contributed by atoms with Crippen LogP contribution in [0, 0.1) is 0 Å². The first-order valence-electron chi connectivity index (χ1n) is 6.38. The van der Waals surface area contributed by atoms with Crippen LogP contribution in [-0.4, -0.2) is 13.7 Å². The van der Waals surface area contributed by atoms with Crippen LogP contribution in [0.5, 0.6) is 11.5 Å². The fourth-order valence-electron chi connectivity index (χ4n) is 1.98. The van der Waals surface area contributed by atoms with Crippen LogP contribution < -0.4 is 15.2 Å². The zero-order valence-corrected chi connectivity index (χ0v) is 11.3. The zero-order chi connectivity index (χ0) is 13.7. The van der Waals surface area contributed by atoms with E-state index in [1.807, 2.05) is 43.3 Å². The molecular formula is C16H19NO2. The smallest absolute Gasteiger partial charge is 0.127 e. The fourth-order valence-corrected chi connectivity index (χ4v) is 1.98. The number of ether oxygens (including phenoxy) is 2. The first kappa shape index (κ1) is 13.4. The van der Waals surface area contributed by atoms with Gasteiger partial charge in [0.05, 0.1) is 13.7 Å². The molecule has 2 N–H and O–H groups in total. The highest BCUT2D eigenvalue weighted by molar-refractivity contribution is 5.71. The van der Waals surface area contributed by atoms with Gasteiger partial charge < -0.3 is 15.2 Å². The second kappa shape index (κ2) is 6.25. The van der Waals surface area contributed by atoms with Crippen molar-refractivity contribution in [3.05, 3.63) is 48.0 Å². The lowest BCUT2D eigenvalue weighted by atomic mass is 10.0. The molecule has 0 saturated carbocycles. The molecule has 0 amide bonds. The molecule has 0 saturated heterocycles. The average Bonchev–Trinajstić information content (AvgIpc) is 2.48. The Morgan fingerprint density at radius 3 is 2.37 bits per heavy atom. The lowest BCUT2D eigenvalue weighted by Crippen LogP contribution is -1.99. The van der Waals surface area contributed by atoms with Gasteiger partial charge in [-0.3, -0.25) is 0 Å². The number of nitrogens with two attached hydrogens (primary N) is 1. The summed E-state index contributed by atoms with van der Waals surface area (Å²) in [5, 5.41) is 0. The summed E-state index contributed by atoms with van der Waals surface area (Å²) >= 11 is 0. The number of methoxy groups -OCH3 is 1. The minimum atomic E-state index is 0.523. The summed E-state index contributed by atoms with van der Waals surface area (Å²) in [7, 11) is 1.66. The summed E-state index contributed by atoms with van der Waals surface area (Å²) in [6.45, 7) is 3.15. The van der Waals surface area contributed by atoms with Gasteiger partial charge in [0.15, 0.2) is 0 Å². The summed E-state index contributed by atoms with van der Waals surface area (Å²) in [6.07, 6.45) is 0. The maximum Gasteiger partial charge on any atom is 0.127 e. The highest BCUT2D eigenvalue weighted by Crippen LogP contribution is 2.32. The van der Waals surface area contributed by atoms with Crippen LogP contribution >= 0.6 is 0 Å². The van der Waals surface area contributed by atoms with E-state index in [0.717, 1.165) is 28.2 Å². The van der Waals surface area contributed by atoms with Crippen molar-refractivity contribution in [3.8, 4) is 22.6 Å². The molecule has 100 valence electrons. The number of benzene rings is 2. The van der Waals surface area contributed by atoms with Crippen LogP contribution in [0.25, 0.3) is 11.1 Å². The van der Waals surface area contributed by atoms with E-state index in [2.05, 4.69) is 6.07 Å². The van der Waals surface area contributed by atoms with E-state index in [1.54, 1.807) is 7.11 Å². The third-order valence-corrected chi connectivity index (χ3v) is 2.98. The second-order valence-electron chi connectivity index (χ2n) is 4.20. The first-order chi connectivity index (χ1) is 9.28. The zero-order valence-electron chi connectivity index (χ0n) is 11.3. The third kappa shape index (κ3) is 3.06. The lowest BCUT2D eigenvalue weighted by molar-refractivity contribution is 0.341.